The summed E-state index contributed by atoms with van der Waals surface area (Å²) in [5, 5.41) is 19.5. The van der Waals surface area contributed by atoms with Crippen LogP contribution in [0.1, 0.15) is 6.92 Å². The molecule has 0 heterocycles. The topological polar surface area (TPSA) is 72.6 Å². The smallest absolute Gasteiger partial charge is 0.310 e. The molecule has 0 unspecified atom stereocenters. The first-order valence-corrected chi connectivity index (χ1v) is 4.15. The molecule has 5 heteroatoms. The van der Waals surface area contributed by atoms with Crippen LogP contribution in [0.5, 0.6) is 5.75 Å². The minimum atomic E-state index is -0.644. The van der Waals surface area contributed by atoms with Crippen molar-refractivity contribution in [2.45, 2.75) is 13.0 Å². The fourth-order valence-electron chi connectivity index (χ4n) is 0.940. The largest absolute Gasteiger partial charge is 0.484 e. The summed E-state index contributed by atoms with van der Waals surface area (Å²) in [4.78, 5) is 10.0. The zero-order chi connectivity index (χ0) is 10.6. The van der Waals surface area contributed by atoms with Crippen molar-refractivity contribution in [3.05, 3.63) is 34.4 Å². The van der Waals surface area contributed by atoms with Gasteiger partial charge in [0.2, 0.25) is 0 Å². The summed E-state index contributed by atoms with van der Waals surface area (Å²) in [6, 6.07) is 6.07. The molecule has 5 nitrogen and oxygen atoms in total. The maximum Gasteiger partial charge on any atom is 0.310 e. The van der Waals surface area contributed by atoms with Crippen molar-refractivity contribution in [1.29, 1.82) is 0 Å². The van der Waals surface area contributed by atoms with Gasteiger partial charge < -0.3 is 9.84 Å². The first-order valence-electron chi connectivity index (χ1n) is 4.15. The fourth-order valence-corrected chi connectivity index (χ4v) is 0.940. The molecule has 14 heavy (non-hydrogen) atoms. The summed E-state index contributed by atoms with van der Waals surface area (Å²) in [6.45, 7) is 1.60. The van der Waals surface area contributed by atoms with Crippen molar-refractivity contribution < 1.29 is 14.8 Å². The number of nitrogens with zero attached hydrogens (tertiary/aromatic N) is 1. The summed E-state index contributed by atoms with van der Waals surface area (Å²) in [5.41, 5.74) is -0.0897. The predicted octanol–water partition coefficient (Wildman–Crippen LogP) is 1.35. The number of aliphatic hydroxyl groups excluding tert-OH is 1. The molecule has 1 rings (SSSR count). The lowest BCUT2D eigenvalue weighted by atomic mass is 10.3. The molecule has 1 N–H and O–H groups in total. The van der Waals surface area contributed by atoms with Gasteiger partial charge in [-0.3, -0.25) is 10.1 Å². The van der Waals surface area contributed by atoms with Gasteiger partial charge in [0.1, 0.15) is 6.61 Å². The first-order chi connectivity index (χ1) is 6.61. The highest BCUT2D eigenvalue weighted by Gasteiger charge is 2.13. The SMILES string of the molecule is C[C@H](O)COc1ccccc1[N+](=O)[O-]. The number of hydrogen-bond acceptors (Lipinski definition) is 4. The Morgan fingerprint density at radius 1 is 1.57 bits per heavy atom. The van der Waals surface area contributed by atoms with Gasteiger partial charge in [0.05, 0.1) is 11.0 Å². The van der Waals surface area contributed by atoms with Crippen molar-refractivity contribution >= 4 is 5.69 Å². The molecule has 1 atom stereocenters. The van der Waals surface area contributed by atoms with E-state index in [0.717, 1.165) is 0 Å². The molecule has 1 aromatic rings. The van der Waals surface area contributed by atoms with Gasteiger partial charge in [0.25, 0.3) is 0 Å². The molecule has 1 aromatic carbocycles. The fraction of sp³-hybridized carbons (Fsp3) is 0.333. The van der Waals surface area contributed by atoms with E-state index in [1.54, 1.807) is 19.1 Å². The van der Waals surface area contributed by atoms with Crippen molar-refractivity contribution in [2.24, 2.45) is 0 Å². The molecule has 0 aliphatic heterocycles. The number of rotatable bonds is 4. The van der Waals surface area contributed by atoms with Crippen LogP contribution < -0.4 is 4.74 Å². The zero-order valence-electron chi connectivity index (χ0n) is 7.71. The minimum absolute atomic E-state index is 0.0465. The summed E-state index contributed by atoms with van der Waals surface area (Å²) < 4.78 is 5.07. The highest BCUT2D eigenvalue weighted by Crippen LogP contribution is 2.25. The Kier molecular flexibility index (Phi) is 3.41. The molecule has 0 saturated carbocycles. The van der Waals surface area contributed by atoms with Crippen LogP contribution in [0.25, 0.3) is 0 Å². The Labute approximate surface area is 81.1 Å². The number of hydrogen-bond donors (Lipinski definition) is 1. The van der Waals surface area contributed by atoms with Gasteiger partial charge in [0.15, 0.2) is 5.75 Å². The van der Waals surface area contributed by atoms with Crippen LogP contribution in [0.4, 0.5) is 5.69 Å². The first kappa shape index (κ1) is 10.5. The predicted molar refractivity (Wildman–Crippen MR) is 50.3 cm³/mol. The minimum Gasteiger partial charge on any atom is -0.484 e. The maximum atomic E-state index is 10.5. The zero-order valence-corrected chi connectivity index (χ0v) is 7.71. The van der Waals surface area contributed by atoms with E-state index in [9.17, 15) is 10.1 Å². The van der Waals surface area contributed by atoms with E-state index in [1.807, 2.05) is 0 Å². The summed E-state index contributed by atoms with van der Waals surface area (Å²) >= 11 is 0. The van der Waals surface area contributed by atoms with E-state index in [4.69, 9.17) is 9.84 Å². The number of aliphatic hydroxyl groups is 1. The number of benzene rings is 1. The lowest BCUT2D eigenvalue weighted by molar-refractivity contribution is -0.385. The number of nitro groups is 1. The number of ether oxygens (including phenoxy) is 1. The third-order valence-corrected chi connectivity index (χ3v) is 1.54. The molecule has 0 fully saturated rings. The van der Waals surface area contributed by atoms with Crippen LogP contribution in [0.2, 0.25) is 0 Å². The van der Waals surface area contributed by atoms with Crippen molar-refractivity contribution in [2.75, 3.05) is 6.61 Å². The molecule has 0 aliphatic rings. The number of nitro benzene ring substituents is 1. The second kappa shape index (κ2) is 4.57. The van der Waals surface area contributed by atoms with Gasteiger partial charge in [-0.25, -0.2) is 0 Å². The normalized spacial score (nSPS) is 12.1. The lowest BCUT2D eigenvalue weighted by Gasteiger charge is -2.07. The third-order valence-electron chi connectivity index (χ3n) is 1.54. The lowest BCUT2D eigenvalue weighted by Crippen LogP contribution is -2.13. The highest BCUT2D eigenvalue weighted by atomic mass is 16.6. The Morgan fingerprint density at radius 3 is 2.79 bits per heavy atom. The van der Waals surface area contributed by atoms with Gasteiger partial charge in [-0.05, 0) is 13.0 Å². The van der Waals surface area contributed by atoms with Gasteiger partial charge in [-0.2, -0.15) is 0 Å². The van der Waals surface area contributed by atoms with Gasteiger partial charge in [-0.1, -0.05) is 12.1 Å². The van der Waals surface area contributed by atoms with Crippen LogP contribution in [0.15, 0.2) is 24.3 Å². The van der Waals surface area contributed by atoms with E-state index < -0.39 is 11.0 Å². The third kappa shape index (κ3) is 2.70. The standard InChI is InChI=1S/C9H11NO4/c1-7(11)6-14-9-5-3-2-4-8(9)10(12)13/h2-5,7,11H,6H2,1H3/t7-/m0/s1. The molecule has 0 saturated heterocycles. The van der Waals surface area contributed by atoms with Crippen molar-refractivity contribution in [3.63, 3.8) is 0 Å². The van der Waals surface area contributed by atoms with Crippen LogP contribution in [0.3, 0.4) is 0 Å². The van der Waals surface area contributed by atoms with Gasteiger partial charge in [0, 0.05) is 6.07 Å². The van der Waals surface area contributed by atoms with Crippen LogP contribution >= 0.6 is 0 Å². The molecule has 0 aromatic heterocycles. The maximum absolute atomic E-state index is 10.5. The summed E-state index contributed by atoms with van der Waals surface area (Å²) in [5.74, 6) is 0.179. The molecule has 0 aliphatic carbocycles. The van der Waals surface area contributed by atoms with Crippen molar-refractivity contribution in [3.8, 4) is 5.75 Å². The Bertz CT molecular complexity index is 324. The average molecular weight is 197 g/mol. The second-order valence-electron chi connectivity index (χ2n) is 2.88. The highest BCUT2D eigenvalue weighted by molar-refractivity contribution is 5.45. The quantitative estimate of drug-likeness (QED) is 0.584. The number of para-hydroxylation sites is 2. The summed E-state index contributed by atoms with van der Waals surface area (Å²) in [6.07, 6.45) is -0.644. The van der Waals surface area contributed by atoms with E-state index in [-0.39, 0.29) is 18.0 Å². The van der Waals surface area contributed by atoms with E-state index in [1.165, 1.54) is 12.1 Å². The molecule has 0 bridgehead atoms. The van der Waals surface area contributed by atoms with E-state index >= 15 is 0 Å². The Morgan fingerprint density at radius 2 is 2.21 bits per heavy atom. The Hall–Kier alpha value is -1.62. The van der Waals surface area contributed by atoms with Gasteiger partial charge >= 0.3 is 5.69 Å². The van der Waals surface area contributed by atoms with Crippen LogP contribution in [-0.2, 0) is 0 Å². The molecule has 0 amide bonds. The van der Waals surface area contributed by atoms with E-state index in [0.29, 0.717) is 0 Å². The molecule has 76 valence electrons. The average Bonchev–Trinajstić information content (AvgIpc) is 2.15. The summed E-state index contributed by atoms with van der Waals surface area (Å²) in [7, 11) is 0. The monoisotopic (exact) mass is 197 g/mol. The van der Waals surface area contributed by atoms with Crippen molar-refractivity contribution in [1.82, 2.24) is 0 Å². The van der Waals surface area contributed by atoms with Gasteiger partial charge in [-0.15, -0.1) is 0 Å². The Balaban J connectivity index is 2.79. The molecular weight excluding hydrogens is 186 g/mol. The van der Waals surface area contributed by atoms with Crippen LogP contribution in [0, 0.1) is 10.1 Å². The van der Waals surface area contributed by atoms with E-state index in [2.05, 4.69) is 0 Å². The molecular formula is C9H11NO4. The second-order valence-corrected chi connectivity index (χ2v) is 2.88. The molecule has 0 spiro atoms. The molecule has 0 radical (unpaired) electrons. The van der Waals surface area contributed by atoms with Crippen LogP contribution in [-0.4, -0.2) is 22.7 Å².